The van der Waals surface area contributed by atoms with Crippen LogP contribution in [0, 0.1) is 6.92 Å². The van der Waals surface area contributed by atoms with Crippen molar-refractivity contribution in [2.24, 2.45) is 0 Å². The lowest BCUT2D eigenvalue weighted by molar-refractivity contribution is -0.0438. The highest BCUT2D eigenvalue weighted by molar-refractivity contribution is 9.10. The normalized spacial score (nSPS) is 23.0. The molecule has 0 aliphatic heterocycles. The first-order chi connectivity index (χ1) is 11.7. The number of halogens is 1. The number of carbonyl (C=O) groups is 1. The van der Waals surface area contributed by atoms with E-state index in [1.807, 2.05) is 27.7 Å². The third-order valence-corrected chi connectivity index (χ3v) is 5.04. The van der Waals surface area contributed by atoms with Crippen LogP contribution < -0.4 is 10.6 Å². The second-order valence-corrected chi connectivity index (χ2v) is 8.33. The van der Waals surface area contributed by atoms with Gasteiger partial charge in [0.15, 0.2) is 0 Å². The first-order valence-corrected chi connectivity index (χ1v) is 9.58. The molecule has 2 N–H and O–H groups in total. The van der Waals surface area contributed by atoms with E-state index in [0.717, 1.165) is 17.4 Å². The van der Waals surface area contributed by atoms with E-state index in [4.69, 9.17) is 9.47 Å². The van der Waals surface area contributed by atoms with E-state index in [-0.39, 0.29) is 24.3 Å². The van der Waals surface area contributed by atoms with E-state index in [0.29, 0.717) is 6.61 Å². The second-order valence-electron chi connectivity index (χ2n) is 7.47. The zero-order valence-corrected chi connectivity index (χ0v) is 17.3. The molecular formula is C19H29BrN2O3. The van der Waals surface area contributed by atoms with Crippen molar-refractivity contribution < 1.29 is 14.3 Å². The summed E-state index contributed by atoms with van der Waals surface area (Å²) >= 11 is 3.57. The fraction of sp³-hybridized carbons (Fsp3) is 0.632. The molecular weight excluding hydrogens is 384 g/mol. The molecule has 0 radical (unpaired) electrons. The third kappa shape index (κ3) is 5.97. The summed E-state index contributed by atoms with van der Waals surface area (Å²) in [5.74, 6) is 0. The molecule has 1 fully saturated rings. The van der Waals surface area contributed by atoms with Crippen LogP contribution in [0.25, 0.3) is 0 Å². The topological polar surface area (TPSA) is 59.6 Å². The molecule has 0 aromatic heterocycles. The lowest BCUT2D eigenvalue weighted by atomic mass is 9.82. The van der Waals surface area contributed by atoms with Crippen molar-refractivity contribution in [2.75, 3.05) is 6.61 Å². The van der Waals surface area contributed by atoms with Crippen molar-refractivity contribution in [1.29, 1.82) is 0 Å². The minimum absolute atomic E-state index is 0.0142. The number of ether oxygens (including phenoxy) is 2. The zero-order chi connectivity index (χ0) is 18.6. The van der Waals surface area contributed by atoms with Crippen LogP contribution in [-0.2, 0) is 16.0 Å². The number of hydrogen-bond acceptors (Lipinski definition) is 4. The van der Waals surface area contributed by atoms with Crippen LogP contribution >= 0.6 is 15.9 Å². The van der Waals surface area contributed by atoms with Crippen molar-refractivity contribution in [3.05, 3.63) is 33.8 Å². The number of alkyl carbamates (subject to hydrolysis) is 1. The minimum Gasteiger partial charge on any atom is -0.444 e. The summed E-state index contributed by atoms with van der Waals surface area (Å²) in [5, 5.41) is 6.47. The predicted octanol–water partition coefficient (Wildman–Crippen LogP) is 3.92. The van der Waals surface area contributed by atoms with E-state index in [1.165, 1.54) is 11.1 Å². The highest BCUT2D eigenvalue weighted by Crippen LogP contribution is 2.26. The molecule has 1 aliphatic carbocycles. The molecule has 5 nitrogen and oxygen atoms in total. The number of rotatable bonds is 6. The maximum atomic E-state index is 12.0. The standard InChI is InChI=1S/C19H29BrN2O3/c1-6-24-16-10-15(22-18(23)25-19(3,4)5)17(16)21-11-13-8-7-12(2)14(20)9-13/h7-9,15-17,21H,6,10-11H2,1-5H3,(H,22,23). The Labute approximate surface area is 159 Å². The molecule has 0 bridgehead atoms. The first kappa shape index (κ1) is 20.2. The van der Waals surface area contributed by atoms with Crippen molar-refractivity contribution in [2.45, 2.75) is 71.4 Å². The van der Waals surface area contributed by atoms with Gasteiger partial charge < -0.3 is 20.1 Å². The molecule has 1 aliphatic rings. The molecule has 1 aromatic carbocycles. The van der Waals surface area contributed by atoms with Gasteiger partial charge in [-0.15, -0.1) is 0 Å². The summed E-state index contributed by atoms with van der Waals surface area (Å²) in [6, 6.07) is 6.41. The van der Waals surface area contributed by atoms with Crippen LogP contribution in [0.2, 0.25) is 0 Å². The monoisotopic (exact) mass is 412 g/mol. The average Bonchev–Trinajstić information content (AvgIpc) is 2.48. The summed E-state index contributed by atoms with van der Waals surface area (Å²) in [6.07, 6.45) is 0.527. The van der Waals surface area contributed by atoms with Gasteiger partial charge >= 0.3 is 6.09 Å². The van der Waals surface area contributed by atoms with Gasteiger partial charge in [-0.05, 0) is 58.2 Å². The molecule has 0 saturated heterocycles. The predicted molar refractivity (Wildman–Crippen MR) is 103 cm³/mol. The summed E-state index contributed by atoms with van der Waals surface area (Å²) < 4.78 is 12.2. The molecule has 3 atom stereocenters. The largest absolute Gasteiger partial charge is 0.444 e. The van der Waals surface area contributed by atoms with Crippen molar-refractivity contribution in [1.82, 2.24) is 10.6 Å². The summed E-state index contributed by atoms with van der Waals surface area (Å²) in [4.78, 5) is 12.0. The average molecular weight is 413 g/mol. The Morgan fingerprint density at radius 3 is 2.68 bits per heavy atom. The Hall–Kier alpha value is -1.11. The van der Waals surface area contributed by atoms with Crippen LogP contribution in [-0.4, -0.2) is 36.5 Å². The van der Waals surface area contributed by atoms with Gasteiger partial charge in [0, 0.05) is 17.6 Å². The Kier molecular flexibility index (Phi) is 6.88. The van der Waals surface area contributed by atoms with Gasteiger partial charge in [0.25, 0.3) is 0 Å². The summed E-state index contributed by atoms with van der Waals surface area (Å²) in [7, 11) is 0. The van der Waals surface area contributed by atoms with E-state index in [9.17, 15) is 4.79 Å². The fourth-order valence-electron chi connectivity index (χ4n) is 2.86. The lowest BCUT2D eigenvalue weighted by Crippen LogP contribution is -2.66. The molecule has 3 unspecified atom stereocenters. The quantitative estimate of drug-likeness (QED) is 0.742. The molecule has 1 amide bonds. The number of aryl methyl sites for hydroxylation is 1. The first-order valence-electron chi connectivity index (χ1n) is 8.79. The molecule has 1 saturated carbocycles. The van der Waals surface area contributed by atoms with Crippen molar-refractivity contribution in [3.8, 4) is 0 Å². The van der Waals surface area contributed by atoms with Crippen LogP contribution in [0.15, 0.2) is 22.7 Å². The summed E-state index contributed by atoms with van der Waals surface area (Å²) in [5.41, 5.74) is 1.91. The second kappa shape index (κ2) is 8.52. The number of benzene rings is 1. The SMILES string of the molecule is CCOC1CC(NC(=O)OC(C)(C)C)C1NCc1ccc(C)c(Br)c1. The molecule has 0 heterocycles. The van der Waals surface area contributed by atoms with Gasteiger partial charge in [-0.3, -0.25) is 0 Å². The smallest absolute Gasteiger partial charge is 0.407 e. The van der Waals surface area contributed by atoms with E-state index in [1.54, 1.807) is 0 Å². The van der Waals surface area contributed by atoms with E-state index in [2.05, 4.69) is 51.7 Å². The van der Waals surface area contributed by atoms with Gasteiger partial charge in [0.05, 0.1) is 18.2 Å². The number of hydrogen-bond donors (Lipinski definition) is 2. The number of amides is 1. The number of nitrogens with one attached hydrogen (secondary N) is 2. The summed E-state index contributed by atoms with van der Waals surface area (Å²) in [6.45, 7) is 11.0. The molecule has 1 aromatic rings. The van der Waals surface area contributed by atoms with Crippen LogP contribution in [0.3, 0.4) is 0 Å². The van der Waals surface area contributed by atoms with Crippen molar-refractivity contribution in [3.63, 3.8) is 0 Å². The van der Waals surface area contributed by atoms with Crippen molar-refractivity contribution >= 4 is 22.0 Å². The van der Waals surface area contributed by atoms with E-state index >= 15 is 0 Å². The van der Waals surface area contributed by atoms with Gasteiger partial charge in [0.2, 0.25) is 0 Å². The van der Waals surface area contributed by atoms with Gasteiger partial charge in [-0.25, -0.2) is 4.79 Å². The highest BCUT2D eigenvalue weighted by Gasteiger charge is 2.42. The Balaban J connectivity index is 1.93. The third-order valence-electron chi connectivity index (χ3n) is 4.18. The Morgan fingerprint density at radius 2 is 2.08 bits per heavy atom. The Morgan fingerprint density at radius 1 is 1.36 bits per heavy atom. The zero-order valence-electron chi connectivity index (χ0n) is 15.7. The Bertz CT molecular complexity index is 601. The fourth-order valence-corrected chi connectivity index (χ4v) is 3.28. The van der Waals surface area contributed by atoms with E-state index < -0.39 is 5.60 Å². The number of carbonyl (C=O) groups excluding carboxylic acids is 1. The maximum absolute atomic E-state index is 12.0. The van der Waals surface area contributed by atoms with Crippen LogP contribution in [0.4, 0.5) is 4.79 Å². The molecule has 140 valence electrons. The lowest BCUT2D eigenvalue weighted by Gasteiger charge is -2.45. The molecule has 6 heteroatoms. The molecule has 2 rings (SSSR count). The van der Waals surface area contributed by atoms with Crippen LogP contribution in [0.5, 0.6) is 0 Å². The molecule has 25 heavy (non-hydrogen) atoms. The maximum Gasteiger partial charge on any atom is 0.407 e. The van der Waals surface area contributed by atoms with Gasteiger partial charge in [-0.2, -0.15) is 0 Å². The van der Waals surface area contributed by atoms with Crippen LogP contribution in [0.1, 0.15) is 45.2 Å². The highest BCUT2D eigenvalue weighted by atomic mass is 79.9. The minimum atomic E-state index is -0.496. The molecule has 0 spiro atoms. The van der Waals surface area contributed by atoms with Gasteiger partial charge in [0.1, 0.15) is 5.60 Å². The van der Waals surface area contributed by atoms with Gasteiger partial charge in [-0.1, -0.05) is 28.1 Å².